The molecule has 0 saturated heterocycles. The van der Waals surface area contributed by atoms with Crippen LogP contribution in [0.1, 0.15) is 35.7 Å². The van der Waals surface area contributed by atoms with E-state index in [2.05, 4.69) is 10.2 Å². The summed E-state index contributed by atoms with van der Waals surface area (Å²) in [5.74, 6) is -1.80. The maximum absolute atomic E-state index is 12.7. The first-order valence-electron chi connectivity index (χ1n) is 9.17. The van der Waals surface area contributed by atoms with Crippen molar-refractivity contribution in [3.63, 3.8) is 0 Å². The predicted octanol–water partition coefficient (Wildman–Crippen LogP) is 2.39. The van der Waals surface area contributed by atoms with Crippen LogP contribution in [0, 0.1) is 10.1 Å². The molecule has 168 valence electrons. The Balaban J connectivity index is 2.14. The van der Waals surface area contributed by atoms with Crippen molar-refractivity contribution in [1.82, 2.24) is 0 Å². The number of rotatable bonds is 10. The van der Waals surface area contributed by atoms with E-state index in [1.807, 2.05) is 0 Å². The van der Waals surface area contributed by atoms with Crippen molar-refractivity contribution in [2.45, 2.75) is 19.8 Å². The van der Waals surface area contributed by atoms with E-state index in [1.165, 1.54) is 37.3 Å². The fourth-order valence-corrected chi connectivity index (χ4v) is 2.59. The molecule has 0 saturated carbocycles. The van der Waals surface area contributed by atoms with Crippen LogP contribution in [-0.4, -0.2) is 34.5 Å². The molecule has 0 heterocycles. The molecule has 0 unspecified atom stereocenters. The first-order chi connectivity index (χ1) is 15.2. The van der Waals surface area contributed by atoms with E-state index < -0.39 is 22.9 Å². The van der Waals surface area contributed by atoms with Crippen molar-refractivity contribution in [2.24, 2.45) is 5.73 Å². The molecule has 1 amide bonds. The van der Waals surface area contributed by atoms with Gasteiger partial charge >= 0.3 is 11.9 Å². The number of nitrogens with one attached hydrogen (secondary N) is 1. The third-order valence-corrected chi connectivity index (χ3v) is 4.07. The van der Waals surface area contributed by atoms with Gasteiger partial charge in [-0.3, -0.25) is 9.59 Å². The Hall–Kier alpha value is -4.06. The molecule has 0 bridgehead atoms. The largest absolute Gasteiger partial charge is 0.426 e. The number of nitrogens with zero attached hydrogens (tertiary/aromatic N) is 1. The molecule has 0 aromatic heterocycles. The summed E-state index contributed by atoms with van der Waals surface area (Å²) >= 11 is 4.87. The molecule has 0 aliphatic rings. The summed E-state index contributed by atoms with van der Waals surface area (Å²) in [6.07, 6.45) is 0.0736. The number of esters is 2. The van der Waals surface area contributed by atoms with Gasteiger partial charge in [0.25, 0.3) is 5.09 Å². The number of thiocarbonyl (C=S) groups is 1. The van der Waals surface area contributed by atoms with Crippen molar-refractivity contribution in [1.29, 1.82) is 0 Å². The molecule has 3 N–H and O–H groups in total. The quantitative estimate of drug-likeness (QED) is 0.134. The normalized spacial score (nSPS) is 10.0. The molecule has 0 aliphatic heterocycles. The molecule has 0 radical (unpaired) electrons. The second kappa shape index (κ2) is 11.4. The number of benzene rings is 2. The smallest absolute Gasteiger partial charge is 0.347 e. The zero-order chi connectivity index (χ0) is 23.7. The predicted molar refractivity (Wildman–Crippen MR) is 116 cm³/mol. The maximum Gasteiger partial charge on any atom is 0.347 e. The lowest BCUT2D eigenvalue weighted by atomic mass is 10.1. The van der Waals surface area contributed by atoms with Crippen molar-refractivity contribution < 1.29 is 33.8 Å². The fourth-order valence-electron chi connectivity index (χ4n) is 2.46. The summed E-state index contributed by atoms with van der Waals surface area (Å²) in [6.45, 7) is 0.948. The standard InChI is InChI=1S/C20H19N3O8S/c1-12(24)30-17-9-6-14(22-18(25)3-2-10-29-23(27)28)11-16(17)20(26)31-15-7-4-13(5-8-15)19(21)32/h4-9,11H,2-3,10H2,1H3,(H2,21,32)(H,22,25). The fraction of sp³-hybridized carbons (Fsp3) is 0.200. The number of hydrogen-bond donors (Lipinski definition) is 2. The number of hydrogen-bond acceptors (Lipinski definition) is 9. The second-order valence-corrected chi connectivity index (χ2v) is 6.73. The van der Waals surface area contributed by atoms with Gasteiger partial charge in [0, 0.05) is 24.6 Å². The highest BCUT2D eigenvalue weighted by Crippen LogP contribution is 2.25. The van der Waals surface area contributed by atoms with Gasteiger partial charge in [0.2, 0.25) is 5.91 Å². The van der Waals surface area contributed by atoms with Gasteiger partial charge in [-0.15, -0.1) is 10.1 Å². The Morgan fingerprint density at radius 1 is 1.12 bits per heavy atom. The van der Waals surface area contributed by atoms with E-state index >= 15 is 0 Å². The van der Waals surface area contributed by atoms with Gasteiger partial charge in [-0.2, -0.15) is 0 Å². The molecule has 0 spiro atoms. The number of amides is 1. The Morgan fingerprint density at radius 3 is 2.41 bits per heavy atom. The first kappa shape index (κ1) is 24.2. The van der Waals surface area contributed by atoms with Crippen molar-refractivity contribution in [3.8, 4) is 11.5 Å². The molecule has 0 atom stereocenters. The SMILES string of the molecule is CC(=O)Oc1ccc(NC(=O)CCCO[N+](=O)[O-])cc1C(=O)Oc1ccc(C(N)=S)cc1. The molecular weight excluding hydrogens is 442 g/mol. The van der Waals surface area contributed by atoms with Crippen LogP contribution >= 0.6 is 12.2 Å². The molecule has 2 rings (SSSR count). The van der Waals surface area contributed by atoms with Gasteiger partial charge < -0.3 is 25.4 Å². The lowest BCUT2D eigenvalue weighted by Gasteiger charge is -2.12. The third kappa shape index (κ3) is 7.65. The number of nitrogens with two attached hydrogens (primary N) is 1. The lowest BCUT2D eigenvalue weighted by Crippen LogP contribution is -2.16. The monoisotopic (exact) mass is 461 g/mol. The molecular formula is C20H19N3O8S. The lowest BCUT2D eigenvalue weighted by molar-refractivity contribution is -0.757. The highest BCUT2D eigenvalue weighted by Gasteiger charge is 2.18. The van der Waals surface area contributed by atoms with Crippen LogP contribution in [0.5, 0.6) is 11.5 Å². The van der Waals surface area contributed by atoms with E-state index in [1.54, 1.807) is 12.1 Å². The van der Waals surface area contributed by atoms with E-state index in [-0.39, 0.29) is 47.2 Å². The minimum Gasteiger partial charge on any atom is -0.426 e. The van der Waals surface area contributed by atoms with Crippen molar-refractivity contribution in [3.05, 3.63) is 63.7 Å². The average molecular weight is 461 g/mol. The summed E-state index contributed by atoms with van der Waals surface area (Å²) in [6, 6.07) is 10.2. The van der Waals surface area contributed by atoms with Gasteiger partial charge in [0.1, 0.15) is 22.1 Å². The van der Waals surface area contributed by atoms with Crippen LogP contribution in [0.2, 0.25) is 0 Å². The Bertz CT molecular complexity index is 1040. The molecule has 0 fully saturated rings. The number of ether oxygens (including phenoxy) is 2. The summed E-state index contributed by atoms with van der Waals surface area (Å²) in [5, 5.41) is 11.7. The van der Waals surface area contributed by atoms with Crippen LogP contribution in [-0.2, 0) is 14.4 Å². The average Bonchev–Trinajstić information content (AvgIpc) is 2.72. The second-order valence-electron chi connectivity index (χ2n) is 6.29. The van der Waals surface area contributed by atoms with E-state index in [0.29, 0.717) is 5.56 Å². The van der Waals surface area contributed by atoms with Crippen LogP contribution in [0.3, 0.4) is 0 Å². The molecule has 12 heteroatoms. The Labute approximate surface area is 187 Å². The molecule has 2 aromatic rings. The summed E-state index contributed by atoms with van der Waals surface area (Å²) in [7, 11) is 0. The Morgan fingerprint density at radius 2 is 1.81 bits per heavy atom. The highest BCUT2D eigenvalue weighted by molar-refractivity contribution is 7.80. The summed E-state index contributed by atoms with van der Waals surface area (Å²) in [5.41, 5.74) is 6.26. The number of carbonyl (C=O) groups is 3. The minimum atomic E-state index is -0.943. The third-order valence-electron chi connectivity index (χ3n) is 3.83. The minimum absolute atomic E-state index is 0.0470. The van der Waals surface area contributed by atoms with Gasteiger partial charge in [0.05, 0.1) is 6.61 Å². The highest BCUT2D eigenvalue weighted by atomic mass is 32.1. The van der Waals surface area contributed by atoms with Crippen LogP contribution in [0.25, 0.3) is 0 Å². The number of carbonyl (C=O) groups excluding carboxylic acids is 3. The van der Waals surface area contributed by atoms with Crippen LogP contribution in [0.15, 0.2) is 42.5 Å². The van der Waals surface area contributed by atoms with Crippen LogP contribution < -0.4 is 20.5 Å². The summed E-state index contributed by atoms with van der Waals surface area (Å²) < 4.78 is 10.4. The first-order valence-corrected chi connectivity index (χ1v) is 9.58. The maximum atomic E-state index is 12.7. The van der Waals surface area contributed by atoms with Gasteiger partial charge in [-0.1, -0.05) is 12.2 Å². The molecule has 32 heavy (non-hydrogen) atoms. The van der Waals surface area contributed by atoms with Gasteiger partial charge in [-0.05, 0) is 48.9 Å². The zero-order valence-corrected chi connectivity index (χ0v) is 17.7. The molecule has 0 aliphatic carbocycles. The van der Waals surface area contributed by atoms with Gasteiger partial charge in [0.15, 0.2) is 0 Å². The molecule has 2 aromatic carbocycles. The van der Waals surface area contributed by atoms with E-state index in [9.17, 15) is 24.5 Å². The van der Waals surface area contributed by atoms with E-state index in [4.69, 9.17) is 27.4 Å². The zero-order valence-electron chi connectivity index (χ0n) is 16.9. The topological polar surface area (TPSA) is 160 Å². The van der Waals surface area contributed by atoms with Gasteiger partial charge in [-0.25, -0.2) is 4.79 Å². The van der Waals surface area contributed by atoms with E-state index in [0.717, 1.165) is 0 Å². The molecule has 11 nitrogen and oxygen atoms in total. The van der Waals surface area contributed by atoms with Crippen LogP contribution in [0.4, 0.5) is 5.69 Å². The van der Waals surface area contributed by atoms with Crippen molar-refractivity contribution in [2.75, 3.05) is 11.9 Å². The van der Waals surface area contributed by atoms with Crippen molar-refractivity contribution >= 4 is 40.7 Å². The Kier molecular flexibility index (Phi) is 8.60. The number of anilines is 1. The summed E-state index contributed by atoms with van der Waals surface area (Å²) in [4.78, 5) is 50.5.